The van der Waals surface area contributed by atoms with E-state index in [1.54, 1.807) is 6.20 Å². The fourth-order valence-corrected chi connectivity index (χ4v) is 1.54. The van der Waals surface area contributed by atoms with Crippen LogP contribution in [-0.4, -0.2) is 22.4 Å². The molecule has 0 aliphatic rings. The van der Waals surface area contributed by atoms with Gasteiger partial charge in [-0.1, -0.05) is 6.07 Å². The van der Waals surface area contributed by atoms with E-state index in [-0.39, 0.29) is 16.9 Å². The third-order valence-electron chi connectivity index (χ3n) is 2.46. The van der Waals surface area contributed by atoms with E-state index in [0.717, 1.165) is 5.69 Å². The minimum absolute atomic E-state index is 0.124. The van der Waals surface area contributed by atoms with E-state index < -0.39 is 0 Å². The molecule has 0 radical (unpaired) electrons. The maximum absolute atomic E-state index is 11.7. The van der Waals surface area contributed by atoms with E-state index in [9.17, 15) is 9.59 Å². The summed E-state index contributed by atoms with van der Waals surface area (Å²) < 4.78 is 0. The zero-order valence-corrected chi connectivity index (χ0v) is 9.72. The molecule has 2 heterocycles. The number of nitrogens with zero attached hydrogens (tertiary/aromatic N) is 1. The number of hydrogen-bond donors (Lipinski definition) is 2. The van der Waals surface area contributed by atoms with Crippen molar-refractivity contribution in [2.24, 2.45) is 0 Å². The number of H-pyrrole nitrogens is 1. The van der Waals surface area contributed by atoms with Crippen molar-refractivity contribution >= 4 is 5.91 Å². The fourth-order valence-electron chi connectivity index (χ4n) is 1.54. The molecule has 0 aliphatic carbocycles. The normalized spacial score (nSPS) is 10.0. The molecule has 0 atom stereocenters. The highest BCUT2D eigenvalue weighted by atomic mass is 16.2. The number of carbonyl (C=O) groups is 1. The summed E-state index contributed by atoms with van der Waals surface area (Å²) in [4.78, 5) is 30.0. The molecule has 5 nitrogen and oxygen atoms in total. The second-order valence-corrected chi connectivity index (χ2v) is 3.75. The van der Waals surface area contributed by atoms with Crippen LogP contribution in [0.25, 0.3) is 0 Å². The van der Waals surface area contributed by atoms with E-state index in [1.807, 2.05) is 18.2 Å². The number of amides is 1. The molecule has 2 rings (SSSR count). The first kappa shape index (κ1) is 12.0. The van der Waals surface area contributed by atoms with Gasteiger partial charge in [-0.3, -0.25) is 14.6 Å². The summed E-state index contributed by atoms with van der Waals surface area (Å²) >= 11 is 0. The Morgan fingerprint density at radius 3 is 2.94 bits per heavy atom. The number of rotatable bonds is 4. The van der Waals surface area contributed by atoms with E-state index in [4.69, 9.17) is 0 Å². The lowest BCUT2D eigenvalue weighted by Crippen LogP contribution is -2.30. The SMILES string of the molecule is O=C(NCCc1ccccn1)c1c[nH]ccc1=O. The Hall–Kier alpha value is -2.43. The van der Waals surface area contributed by atoms with E-state index in [1.165, 1.54) is 18.5 Å². The Labute approximate surface area is 104 Å². The van der Waals surface area contributed by atoms with Crippen LogP contribution in [0.2, 0.25) is 0 Å². The quantitative estimate of drug-likeness (QED) is 0.831. The molecule has 2 N–H and O–H groups in total. The first-order valence-electron chi connectivity index (χ1n) is 5.62. The maximum Gasteiger partial charge on any atom is 0.256 e. The largest absolute Gasteiger partial charge is 0.367 e. The van der Waals surface area contributed by atoms with Gasteiger partial charge in [0.2, 0.25) is 0 Å². The average Bonchev–Trinajstić information content (AvgIpc) is 2.40. The summed E-state index contributed by atoms with van der Waals surface area (Å²) in [5.74, 6) is -0.368. The van der Waals surface area contributed by atoms with Gasteiger partial charge in [0.05, 0.1) is 0 Å². The molecule has 0 spiro atoms. The zero-order chi connectivity index (χ0) is 12.8. The molecular formula is C13H13N3O2. The Balaban J connectivity index is 1.90. The van der Waals surface area contributed by atoms with Crippen LogP contribution in [0.5, 0.6) is 0 Å². The molecule has 18 heavy (non-hydrogen) atoms. The lowest BCUT2D eigenvalue weighted by molar-refractivity contribution is 0.0952. The molecule has 0 bridgehead atoms. The summed E-state index contributed by atoms with van der Waals surface area (Å²) in [5, 5.41) is 2.69. The molecule has 2 aromatic rings. The van der Waals surface area contributed by atoms with Crippen LogP contribution < -0.4 is 10.7 Å². The number of aromatic amines is 1. The van der Waals surface area contributed by atoms with Crippen molar-refractivity contribution in [3.05, 3.63) is 64.3 Å². The minimum Gasteiger partial charge on any atom is -0.367 e. The van der Waals surface area contributed by atoms with E-state index in [2.05, 4.69) is 15.3 Å². The summed E-state index contributed by atoms with van der Waals surface area (Å²) in [6, 6.07) is 6.95. The lowest BCUT2D eigenvalue weighted by Gasteiger charge is -2.04. The van der Waals surface area contributed by atoms with E-state index in [0.29, 0.717) is 13.0 Å². The predicted molar refractivity (Wildman–Crippen MR) is 67.3 cm³/mol. The molecule has 0 unspecified atom stereocenters. The van der Waals surface area contributed by atoms with Crippen LogP contribution in [0.15, 0.2) is 47.7 Å². The third-order valence-corrected chi connectivity index (χ3v) is 2.46. The Morgan fingerprint density at radius 1 is 1.33 bits per heavy atom. The number of pyridine rings is 2. The average molecular weight is 243 g/mol. The summed E-state index contributed by atoms with van der Waals surface area (Å²) in [7, 11) is 0. The number of carbonyl (C=O) groups excluding carboxylic acids is 1. The Kier molecular flexibility index (Phi) is 3.86. The van der Waals surface area contributed by atoms with Crippen molar-refractivity contribution in [1.82, 2.24) is 15.3 Å². The fraction of sp³-hybridized carbons (Fsp3) is 0.154. The van der Waals surface area contributed by atoms with Crippen molar-refractivity contribution in [2.45, 2.75) is 6.42 Å². The highest BCUT2D eigenvalue weighted by Crippen LogP contribution is 1.94. The van der Waals surface area contributed by atoms with E-state index >= 15 is 0 Å². The molecule has 0 aromatic carbocycles. The number of nitrogens with one attached hydrogen (secondary N) is 2. The highest BCUT2D eigenvalue weighted by molar-refractivity contribution is 5.93. The van der Waals surface area contributed by atoms with Crippen LogP contribution in [0.3, 0.4) is 0 Å². The van der Waals surface area contributed by atoms with Crippen LogP contribution in [-0.2, 0) is 6.42 Å². The van der Waals surface area contributed by atoms with Crippen molar-refractivity contribution in [3.8, 4) is 0 Å². The molecule has 2 aromatic heterocycles. The standard InChI is InChI=1S/C13H13N3O2/c17-12-5-7-14-9-11(12)13(18)16-8-4-10-3-1-2-6-15-10/h1-3,5-7,9H,4,8H2,(H,14,17)(H,16,18). The first-order chi connectivity index (χ1) is 8.77. The summed E-state index contributed by atoms with van der Waals surface area (Å²) in [6.45, 7) is 0.449. The van der Waals surface area contributed by atoms with Gasteiger partial charge < -0.3 is 10.3 Å². The zero-order valence-electron chi connectivity index (χ0n) is 9.72. The van der Waals surface area contributed by atoms with Gasteiger partial charge in [0.15, 0.2) is 5.43 Å². The first-order valence-corrected chi connectivity index (χ1v) is 5.62. The maximum atomic E-state index is 11.7. The van der Waals surface area contributed by atoms with Crippen LogP contribution in [0, 0.1) is 0 Å². The highest BCUT2D eigenvalue weighted by Gasteiger charge is 2.08. The van der Waals surface area contributed by atoms with Gasteiger partial charge >= 0.3 is 0 Å². The topological polar surface area (TPSA) is 74.8 Å². The smallest absolute Gasteiger partial charge is 0.256 e. The minimum atomic E-state index is -0.368. The predicted octanol–water partition coefficient (Wildman–Crippen LogP) is 0.742. The molecular weight excluding hydrogens is 230 g/mol. The van der Waals surface area contributed by atoms with Crippen LogP contribution >= 0.6 is 0 Å². The van der Waals surface area contributed by atoms with Crippen LogP contribution in [0.4, 0.5) is 0 Å². The molecule has 0 aliphatic heterocycles. The van der Waals surface area contributed by atoms with Gasteiger partial charge in [-0.25, -0.2) is 0 Å². The van der Waals surface area contributed by atoms with Gasteiger partial charge in [-0.05, 0) is 12.1 Å². The van der Waals surface area contributed by atoms with Gasteiger partial charge in [0.25, 0.3) is 5.91 Å². The third kappa shape index (κ3) is 3.04. The summed E-state index contributed by atoms with van der Waals surface area (Å²) in [5.41, 5.74) is 0.738. The second kappa shape index (κ2) is 5.77. The molecule has 0 saturated heterocycles. The van der Waals surface area contributed by atoms with Gasteiger partial charge in [0, 0.05) is 43.3 Å². The lowest BCUT2D eigenvalue weighted by atomic mass is 10.2. The van der Waals surface area contributed by atoms with Crippen molar-refractivity contribution in [3.63, 3.8) is 0 Å². The van der Waals surface area contributed by atoms with Crippen molar-refractivity contribution in [1.29, 1.82) is 0 Å². The van der Waals surface area contributed by atoms with Gasteiger partial charge in [0.1, 0.15) is 5.56 Å². The molecule has 5 heteroatoms. The Bertz CT molecular complexity index is 578. The Morgan fingerprint density at radius 2 is 2.22 bits per heavy atom. The number of hydrogen-bond acceptors (Lipinski definition) is 3. The van der Waals surface area contributed by atoms with Crippen molar-refractivity contribution < 1.29 is 4.79 Å². The van der Waals surface area contributed by atoms with Gasteiger partial charge in [-0.15, -0.1) is 0 Å². The number of aromatic nitrogens is 2. The molecule has 0 fully saturated rings. The second-order valence-electron chi connectivity index (χ2n) is 3.75. The summed E-state index contributed by atoms with van der Waals surface area (Å²) in [6.07, 6.45) is 5.24. The molecule has 1 amide bonds. The van der Waals surface area contributed by atoms with Gasteiger partial charge in [-0.2, -0.15) is 0 Å². The molecule has 0 saturated carbocycles. The monoisotopic (exact) mass is 243 g/mol. The molecule has 92 valence electrons. The van der Waals surface area contributed by atoms with Crippen molar-refractivity contribution in [2.75, 3.05) is 6.54 Å². The van der Waals surface area contributed by atoms with Crippen LogP contribution in [0.1, 0.15) is 16.1 Å².